The number of halogens is 1. The summed E-state index contributed by atoms with van der Waals surface area (Å²) in [5.74, 6) is 0. The lowest BCUT2D eigenvalue weighted by Gasteiger charge is -1.86. The fraction of sp³-hybridized carbons (Fsp3) is 0.250. The van der Waals surface area contributed by atoms with Gasteiger partial charge in [0.25, 0.3) is 0 Å². The van der Waals surface area contributed by atoms with E-state index in [0.29, 0.717) is 17.1 Å². The Labute approximate surface area is 61.9 Å². The summed E-state index contributed by atoms with van der Waals surface area (Å²) in [6, 6.07) is 0. The molecule has 0 bridgehead atoms. The summed E-state index contributed by atoms with van der Waals surface area (Å²) in [4.78, 5) is 0. The van der Waals surface area contributed by atoms with Gasteiger partial charge in [-0.15, -0.1) is 0 Å². The topological polar surface area (TPSA) is 47.0 Å². The van der Waals surface area contributed by atoms with Crippen LogP contribution in [0.4, 0.5) is 3.89 Å². The van der Waals surface area contributed by atoms with E-state index in [1.54, 1.807) is 0 Å². The van der Waals surface area contributed by atoms with Gasteiger partial charge in [-0.1, -0.05) is 3.89 Å². The summed E-state index contributed by atoms with van der Waals surface area (Å²) < 4.78 is 35.8. The first-order valence-electron chi connectivity index (χ1n) is 2.38. The first-order valence-corrected chi connectivity index (χ1v) is 4.53. The van der Waals surface area contributed by atoms with Gasteiger partial charge in [0, 0.05) is 11.8 Å². The zero-order valence-electron chi connectivity index (χ0n) is 5.04. The summed E-state index contributed by atoms with van der Waals surface area (Å²) in [6.45, 7) is 1.50. The fourth-order valence-electron chi connectivity index (χ4n) is 0.515. The first kappa shape index (κ1) is 7.62. The Morgan fingerprint density at radius 3 is 2.50 bits per heavy atom. The van der Waals surface area contributed by atoms with E-state index in [1.165, 1.54) is 13.1 Å². The van der Waals surface area contributed by atoms with Crippen LogP contribution in [0, 0.1) is 6.92 Å². The molecule has 0 aliphatic heterocycles. The average molecular weight is 181 g/mol. The van der Waals surface area contributed by atoms with Crippen LogP contribution in [-0.2, 0) is 10.2 Å². The second-order valence-corrected chi connectivity index (χ2v) is 4.08. The van der Waals surface area contributed by atoms with Crippen molar-refractivity contribution in [3.63, 3.8) is 0 Å². The summed E-state index contributed by atoms with van der Waals surface area (Å²) in [5.41, 5.74) is 0.354. The largest absolute Gasteiger partial charge is 0.343 e. The normalized spacial score (nSPS) is 11.8. The standard InChI is InChI=1S/C4H4FNO2S2/c1-3-2-6-9-4(3)10(5,7)8/h2H,1H3. The molecule has 0 spiro atoms. The molecular formula is C4H4FNO2S2. The summed E-state index contributed by atoms with van der Waals surface area (Å²) in [5, 5.41) is 0. The Morgan fingerprint density at radius 1 is 1.70 bits per heavy atom. The number of rotatable bonds is 1. The molecule has 1 aromatic rings. The maximum absolute atomic E-state index is 12.2. The van der Waals surface area contributed by atoms with Gasteiger partial charge in [0.05, 0.1) is 0 Å². The third kappa shape index (κ3) is 1.32. The molecule has 0 saturated heterocycles. The molecule has 0 N–H and O–H groups in total. The first-order chi connectivity index (χ1) is 4.52. The predicted molar refractivity (Wildman–Crippen MR) is 35.1 cm³/mol. The fourth-order valence-corrected chi connectivity index (χ4v) is 1.94. The average Bonchev–Trinajstić information content (AvgIpc) is 2.11. The number of nitrogens with zero attached hydrogens (tertiary/aromatic N) is 1. The molecule has 0 fully saturated rings. The Hall–Kier alpha value is -0.490. The van der Waals surface area contributed by atoms with Crippen molar-refractivity contribution >= 4 is 21.8 Å². The molecule has 0 radical (unpaired) electrons. The SMILES string of the molecule is Cc1cnsc1S(=O)(=O)F. The van der Waals surface area contributed by atoms with Gasteiger partial charge in [-0.2, -0.15) is 12.8 Å². The van der Waals surface area contributed by atoms with Gasteiger partial charge in [0.15, 0.2) is 4.21 Å². The monoisotopic (exact) mass is 181 g/mol. The highest BCUT2D eigenvalue weighted by Gasteiger charge is 2.16. The van der Waals surface area contributed by atoms with Crippen LogP contribution in [0.3, 0.4) is 0 Å². The van der Waals surface area contributed by atoms with E-state index in [9.17, 15) is 12.3 Å². The highest BCUT2D eigenvalue weighted by molar-refractivity contribution is 7.88. The van der Waals surface area contributed by atoms with E-state index >= 15 is 0 Å². The Kier molecular flexibility index (Phi) is 1.74. The van der Waals surface area contributed by atoms with Gasteiger partial charge < -0.3 is 0 Å². The van der Waals surface area contributed by atoms with E-state index < -0.39 is 10.2 Å². The van der Waals surface area contributed by atoms with Crippen LogP contribution in [-0.4, -0.2) is 12.8 Å². The van der Waals surface area contributed by atoms with Gasteiger partial charge in [-0.25, -0.2) is 0 Å². The van der Waals surface area contributed by atoms with Gasteiger partial charge in [-0.05, 0) is 18.5 Å². The van der Waals surface area contributed by atoms with E-state index in [2.05, 4.69) is 4.37 Å². The van der Waals surface area contributed by atoms with Crippen molar-refractivity contribution in [1.29, 1.82) is 0 Å². The van der Waals surface area contributed by atoms with Gasteiger partial charge in [0.2, 0.25) is 0 Å². The van der Waals surface area contributed by atoms with Crippen LogP contribution in [0.2, 0.25) is 0 Å². The van der Waals surface area contributed by atoms with Crippen LogP contribution in [0.15, 0.2) is 10.4 Å². The van der Waals surface area contributed by atoms with Gasteiger partial charge >= 0.3 is 10.2 Å². The molecule has 3 nitrogen and oxygen atoms in total. The molecule has 0 atom stereocenters. The smallest absolute Gasteiger partial charge is 0.199 e. The molecule has 0 saturated carbocycles. The summed E-state index contributed by atoms with van der Waals surface area (Å²) in [7, 11) is -4.53. The Morgan fingerprint density at radius 2 is 2.30 bits per heavy atom. The highest BCUT2D eigenvalue weighted by atomic mass is 32.3. The van der Waals surface area contributed by atoms with Gasteiger partial charge in [-0.3, -0.25) is 0 Å². The molecule has 56 valence electrons. The van der Waals surface area contributed by atoms with Crippen molar-refractivity contribution in [3.05, 3.63) is 11.8 Å². The molecule has 0 aliphatic carbocycles. The zero-order chi connectivity index (χ0) is 7.78. The van der Waals surface area contributed by atoms with Crippen LogP contribution >= 0.6 is 11.5 Å². The maximum atomic E-state index is 12.2. The molecule has 1 rings (SSSR count). The van der Waals surface area contributed by atoms with Crippen LogP contribution in [0.25, 0.3) is 0 Å². The van der Waals surface area contributed by atoms with Crippen LogP contribution in [0.1, 0.15) is 5.56 Å². The Bertz CT molecular complexity index is 329. The molecule has 1 aromatic heterocycles. The molecule has 0 amide bonds. The Balaban J connectivity index is 3.32. The van der Waals surface area contributed by atoms with E-state index in [1.807, 2.05) is 0 Å². The minimum atomic E-state index is -4.53. The number of aryl methyl sites for hydroxylation is 1. The molecule has 10 heavy (non-hydrogen) atoms. The second kappa shape index (κ2) is 2.28. The quantitative estimate of drug-likeness (QED) is 0.610. The molecule has 6 heteroatoms. The highest BCUT2D eigenvalue weighted by Crippen LogP contribution is 2.20. The lowest BCUT2D eigenvalue weighted by atomic mass is 10.4. The molecule has 1 heterocycles. The summed E-state index contributed by atoms with van der Waals surface area (Å²) >= 11 is 0.644. The number of hydrogen-bond acceptors (Lipinski definition) is 4. The van der Waals surface area contributed by atoms with Gasteiger partial charge in [0.1, 0.15) is 0 Å². The predicted octanol–water partition coefficient (Wildman–Crippen LogP) is 1.11. The molecule has 0 aromatic carbocycles. The van der Waals surface area contributed by atoms with Crippen molar-refractivity contribution < 1.29 is 12.3 Å². The van der Waals surface area contributed by atoms with E-state index in [0.717, 1.165) is 0 Å². The molecular weight excluding hydrogens is 177 g/mol. The van der Waals surface area contributed by atoms with E-state index in [4.69, 9.17) is 0 Å². The van der Waals surface area contributed by atoms with Crippen molar-refractivity contribution in [2.24, 2.45) is 0 Å². The number of hydrogen-bond donors (Lipinski definition) is 0. The third-order valence-electron chi connectivity index (χ3n) is 0.925. The lowest BCUT2D eigenvalue weighted by molar-refractivity contribution is 0.554. The second-order valence-electron chi connectivity index (χ2n) is 1.73. The van der Waals surface area contributed by atoms with Crippen molar-refractivity contribution in [3.8, 4) is 0 Å². The molecule has 0 unspecified atom stereocenters. The van der Waals surface area contributed by atoms with Crippen LogP contribution < -0.4 is 0 Å². The maximum Gasteiger partial charge on any atom is 0.343 e. The minimum Gasteiger partial charge on any atom is -0.199 e. The lowest BCUT2D eigenvalue weighted by Crippen LogP contribution is -1.88. The summed E-state index contributed by atoms with van der Waals surface area (Å²) in [6.07, 6.45) is 1.32. The minimum absolute atomic E-state index is 0.299. The van der Waals surface area contributed by atoms with Crippen LogP contribution in [0.5, 0.6) is 0 Å². The van der Waals surface area contributed by atoms with Crippen molar-refractivity contribution in [2.45, 2.75) is 11.1 Å². The molecule has 0 aliphatic rings. The zero-order valence-corrected chi connectivity index (χ0v) is 6.67. The van der Waals surface area contributed by atoms with E-state index in [-0.39, 0.29) is 4.21 Å². The third-order valence-corrected chi connectivity index (χ3v) is 3.21. The number of aromatic nitrogens is 1. The van der Waals surface area contributed by atoms with Crippen molar-refractivity contribution in [2.75, 3.05) is 0 Å². The van der Waals surface area contributed by atoms with Crippen molar-refractivity contribution in [1.82, 2.24) is 4.37 Å².